The molecule has 66 valence electrons. The Morgan fingerprint density at radius 2 is 1.82 bits per heavy atom. The maximum atomic E-state index is 10.3. The molecule has 0 saturated heterocycles. The highest BCUT2D eigenvalue weighted by atomic mass is 35.5. The molecule has 1 aliphatic rings. The van der Waals surface area contributed by atoms with Crippen molar-refractivity contribution in [2.45, 2.75) is 38.1 Å². The molecule has 1 rings (SSSR count). The lowest BCUT2D eigenvalue weighted by molar-refractivity contribution is -0.119. The van der Waals surface area contributed by atoms with Gasteiger partial charge in [-0.2, -0.15) is 0 Å². The van der Waals surface area contributed by atoms with Crippen LogP contribution in [0.5, 0.6) is 0 Å². The predicted octanol–water partition coefficient (Wildman–Crippen LogP) is -1.59. The lowest BCUT2D eigenvalue weighted by Crippen LogP contribution is -3.00. The molecule has 11 heavy (non-hydrogen) atoms. The summed E-state index contributed by atoms with van der Waals surface area (Å²) in [5, 5.41) is 0. The van der Waals surface area contributed by atoms with Gasteiger partial charge in [0.25, 0.3) is 0 Å². The molecule has 1 fully saturated rings. The van der Waals surface area contributed by atoms with Crippen molar-refractivity contribution in [2.75, 3.05) is 7.05 Å². The second-order valence-corrected chi connectivity index (χ2v) is 3.06. The van der Waals surface area contributed by atoms with E-state index in [1.807, 2.05) is 7.05 Å². The third-order valence-corrected chi connectivity index (χ3v) is 2.32. The third kappa shape index (κ3) is 3.10. The van der Waals surface area contributed by atoms with Crippen LogP contribution < -0.4 is 12.4 Å². The maximum absolute atomic E-state index is 10.3. The average molecular weight is 177 g/mol. The van der Waals surface area contributed by atoms with Gasteiger partial charge in [0.05, 0.1) is 0 Å². The number of amides is 1. The predicted molar refractivity (Wildman–Crippen MR) is 40.7 cm³/mol. The molecule has 0 unspecified atom stereocenters. The SMILES string of the molecule is CN(C=O)C1CCCCC1.[Cl-]. The highest BCUT2D eigenvalue weighted by Gasteiger charge is 2.15. The minimum Gasteiger partial charge on any atom is -1.00 e. The number of carbonyl (C=O) groups is 1. The Morgan fingerprint density at radius 1 is 1.27 bits per heavy atom. The highest BCUT2D eigenvalue weighted by molar-refractivity contribution is 5.46. The van der Waals surface area contributed by atoms with Crippen LogP contribution in [-0.4, -0.2) is 24.4 Å². The van der Waals surface area contributed by atoms with Gasteiger partial charge in [-0.15, -0.1) is 0 Å². The average Bonchev–Trinajstić information content (AvgIpc) is 2.05. The first-order valence-corrected chi connectivity index (χ1v) is 4.02. The number of hydrogen-bond acceptors (Lipinski definition) is 1. The molecule has 0 aromatic heterocycles. The van der Waals surface area contributed by atoms with Crippen molar-refractivity contribution in [1.82, 2.24) is 4.90 Å². The number of hydrogen-bond donors (Lipinski definition) is 0. The summed E-state index contributed by atoms with van der Waals surface area (Å²) in [7, 11) is 1.88. The van der Waals surface area contributed by atoms with Crippen molar-refractivity contribution in [3.8, 4) is 0 Å². The number of rotatable bonds is 2. The van der Waals surface area contributed by atoms with Gasteiger partial charge in [0.15, 0.2) is 0 Å². The third-order valence-electron chi connectivity index (χ3n) is 2.32. The van der Waals surface area contributed by atoms with E-state index < -0.39 is 0 Å². The van der Waals surface area contributed by atoms with Crippen molar-refractivity contribution in [1.29, 1.82) is 0 Å². The fraction of sp³-hybridized carbons (Fsp3) is 0.875. The van der Waals surface area contributed by atoms with Gasteiger partial charge in [-0.25, -0.2) is 0 Å². The molecule has 0 bridgehead atoms. The molecule has 2 nitrogen and oxygen atoms in total. The molecule has 0 N–H and O–H groups in total. The number of carbonyl (C=O) groups excluding carboxylic acids is 1. The van der Waals surface area contributed by atoms with E-state index in [1.165, 1.54) is 32.1 Å². The quantitative estimate of drug-likeness (QED) is 0.465. The maximum Gasteiger partial charge on any atom is 0.209 e. The monoisotopic (exact) mass is 176 g/mol. The zero-order valence-corrected chi connectivity index (χ0v) is 7.68. The van der Waals surface area contributed by atoms with E-state index in [9.17, 15) is 4.79 Å². The second kappa shape index (κ2) is 5.42. The topological polar surface area (TPSA) is 20.3 Å². The van der Waals surface area contributed by atoms with Crippen LogP contribution in [0.2, 0.25) is 0 Å². The first-order valence-electron chi connectivity index (χ1n) is 4.02. The molecule has 0 aliphatic heterocycles. The second-order valence-electron chi connectivity index (χ2n) is 3.06. The number of nitrogens with zero attached hydrogens (tertiary/aromatic N) is 1. The van der Waals surface area contributed by atoms with Crippen LogP contribution in [0.1, 0.15) is 32.1 Å². The summed E-state index contributed by atoms with van der Waals surface area (Å²) in [6.45, 7) is 0. The van der Waals surface area contributed by atoms with E-state index in [0.717, 1.165) is 6.41 Å². The molecule has 0 heterocycles. The van der Waals surface area contributed by atoms with Gasteiger partial charge in [0.1, 0.15) is 0 Å². The molecule has 0 spiro atoms. The Hall–Kier alpha value is -0.240. The van der Waals surface area contributed by atoms with Crippen LogP contribution in [0.25, 0.3) is 0 Å². The van der Waals surface area contributed by atoms with E-state index in [-0.39, 0.29) is 12.4 Å². The Kier molecular flexibility index (Phi) is 5.30. The molecule has 0 aromatic carbocycles. The van der Waals surface area contributed by atoms with Gasteiger partial charge in [-0.3, -0.25) is 4.79 Å². The molecule has 0 radical (unpaired) electrons. The van der Waals surface area contributed by atoms with E-state index in [0.29, 0.717) is 6.04 Å². The molecule has 1 aliphatic carbocycles. The fourth-order valence-electron chi connectivity index (χ4n) is 1.57. The zero-order valence-electron chi connectivity index (χ0n) is 6.92. The first-order chi connectivity index (χ1) is 4.84. The lowest BCUT2D eigenvalue weighted by Gasteiger charge is -2.27. The fourth-order valence-corrected chi connectivity index (χ4v) is 1.57. The van der Waals surface area contributed by atoms with Gasteiger partial charge in [0.2, 0.25) is 6.41 Å². The molecule has 1 amide bonds. The smallest absolute Gasteiger partial charge is 0.209 e. The largest absolute Gasteiger partial charge is 1.00 e. The molecule has 0 atom stereocenters. The molecular weight excluding hydrogens is 162 g/mol. The van der Waals surface area contributed by atoms with Crippen molar-refractivity contribution in [3.63, 3.8) is 0 Å². The van der Waals surface area contributed by atoms with Gasteiger partial charge in [-0.1, -0.05) is 19.3 Å². The van der Waals surface area contributed by atoms with Gasteiger partial charge in [-0.05, 0) is 12.8 Å². The van der Waals surface area contributed by atoms with Crippen molar-refractivity contribution < 1.29 is 17.2 Å². The summed E-state index contributed by atoms with van der Waals surface area (Å²) in [6, 6.07) is 0.534. The van der Waals surface area contributed by atoms with E-state index >= 15 is 0 Å². The molecule has 1 saturated carbocycles. The van der Waals surface area contributed by atoms with E-state index in [4.69, 9.17) is 0 Å². The van der Waals surface area contributed by atoms with Crippen LogP contribution in [0.4, 0.5) is 0 Å². The molecule has 3 heteroatoms. The van der Waals surface area contributed by atoms with Crippen molar-refractivity contribution in [2.24, 2.45) is 0 Å². The first kappa shape index (κ1) is 10.8. The summed E-state index contributed by atoms with van der Waals surface area (Å²) in [5.41, 5.74) is 0. The Labute approximate surface area is 74.4 Å². The minimum absolute atomic E-state index is 0. The van der Waals surface area contributed by atoms with E-state index in [2.05, 4.69) is 0 Å². The van der Waals surface area contributed by atoms with E-state index in [1.54, 1.807) is 4.90 Å². The number of halogens is 1. The standard InChI is InChI=1S/C8H15NO.ClH/c1-9(7-10)8-5-3-2-4-6-8;/h7-8H,2-6H2,1H3;1H/p-1. The Balaban J connectivity index is 0.000001000. The summed E-state index contributed by atoms with van der Waals surface area (Å²) >= 11 is 0. The van der Waals surface area contributed by atoms with Crippen LogP contribution in [0.3, 0.4) is 0 Å². The summed E-state index contributed by atoms with van der Waals surface area (Å²) < 4.78 is 0. The molecular formula is C8H15ClNO-. The van der Waals surface area contributed by atoms with Crippen molar-refractivity contribution in [3.05, 3.63) is 0 Å². The highest BCUT2D eigenvalue weighted by Crippen LogP contribution is 2.20. The molecule has 0 aromatic rings. The Morgan fingerprint density at radius 3 is 2.27 bits per heavy atom. The lowest BCUT2D eigenvalue weighted by atomic mass is 9.95. The Bertz CT molecular complexity index is 113. The summed E-state index contributed by atoms with van der Waals surface area (Å²) in [4.78, 5) is 12.1. The zero-order chi connectivity index (χ0) is 7.40. The summed E-state index contributed by atoms with van der Waals surface area (Å²) in [6.07, 6.45) is 7.29. The van der Waals surface area contributed by atoms with Crippen LogP contribution in [0, 0.1) is 0 Å². The van der Waals surface area contributed by atoms with Gasteiger partial charge < -0.3 is 17.3 Å². The minimum atomic E-state index is 0. The van der Waals surface area contributed by atoms with Gasteiger partial charge in [0, 0.05) is 13.1 Å². The van der Waals surface area contributed by atoms with Crippen molar-refractivity contribution >= 4 is 6.41 Å². The normalized spacial score (nSPS) is 18.6. The van der Waals surface area contributed by atoms with Gasteiger partial charge >= 0.3 is 0 Å². The summed E-state index contributed by atoms with van der Waals surface area (Å²) in [5.74, 6) is 0. The van der Waals surface area contributed by atoms with Crippen LogP contribution >= 0.6 is 0 Å². The van der Waals surface area contributed by atoms with Crippen LogP contribution in [-0.2, 0) is 4.79 Å². The van der Waals surface area contributed by atoms with Crippen LogP contribution in [0.15, 0.2) is 0 Å².